The fraction of sp³-hybridized carbons (Fsp3) is 0.450. The van der Waals surface area contributed by atoms with Crippen LogP contribution in [0.3, 0.4) is 0 Å². The largest absolute Gasteiger partial charge is 0.492 e. The Morgan fingerprint density at radius 2 is 2.03 bits per heavy atom. The van der Waals surface area contributed by atoms with Gasteiger partial charge in [-0.1, -0.05) is 13.0 Å². The molecule has 1 aromatic rings. The van der Waals surface area contributed by atoms with Crippen LogP contribution in [0.25, 0.3) is 0 Å². The van der Waals surface area contributed by atoms with Crippen molar-refractivity contribution in [2.75, 3.05) is 13.7 Å². The number of hydrogen-bond acceptors (Lipinski definition) is 6. The fourth-order valence-electron chi connectivity index (χ4n) is 3.62. The van der Waals surface area contributed by atoms with E-state index in [2.05, 4.69) is 16.0 Å². The van der Waals surface area contributed by atoms with Crippen molar-refractivity contribution in [2.45, 2.75) is 44.6 Å². The van der Waals surface area contributed by atoms with E-state index in [-0.39, 0.29) is 29.6 Å². The molecule has 0 aromatic heterocycles. The molecule has 2 atom stereocenters. The maximum atomic E-state index is 12.8. The molecule has 0 radical (unpaired) electrons. The number of carbonyl (C=O) groups is 3. The number of urea groups is 1. The van der Waals surface area contributed by atoms with Crippen LogP contribution in [-0.4, -0.2) is 40.4 Å². The molecule has 0 bridgehead atoms. The Hall–Kier alpha value is -3.08. The maximum Gasteiger partial charge on any atom is 0.328 e. The topological polar surface area (TPSA) is 143 Å². The summed E-state index contributed by atoms with van der Waals surface area (Å²) in [6, 6.07) is 2.87. The molecule has 0 fully saturated rings. The van der Waals surface area contributed by atoms with Gasteiger partial charge in [-0.3, -0.25) is 9.59 Å². The third-order valence-electron chi connectivity index (χ3n) is 5.45. The molecule has 1 aliphatic rings. The number of rotatable bonds is 10. The average Bonchev–Trinajstić information content (AvgIpc) is 3.02. The first kappa shape index (κ1) is 24.2. The van der Waals surface area contributed by atoms with Crippen LogP contribution in [0.4, 0.5) is 4.79 Å². The highest BCUT2D eigenvalue weighted by Crippen LogP contribution is 2.43. The van der Waals surface area contributed by atoms with Crippen LogP contribution in [0.5, 0.6) is 5.75 Å². The Morgan fingerprint density at radius 1 is 1.32 bits per heavy atom. The van der Waals surface area contributed by atoms with Gasteiger partial charge in [0.2, 0.25) is 12.3 Å². The van der Waals surface area contributed by atoms with Gasteiger partial charge in [0.15, 0.2) is 0 Å². The molecule has 11 heteroatoms. The Kier molecular flexibility index (Phi) is 7.66. The lowest BCUT2D eigenvalue weighted by atomic mass is 9.73. The van der Waals surface area contributed by atoms with Gasteiger partial charge in [-0.25, -0.2) is 17.9 Å². The summed E-state index contributed by atoms with van der Waals surface area (Å²) in [5, 5.41) is 7.59. The van der Waals surface area contributed by atoms with E-state index in [0.29, 0.717) is 18.4 Å². The van der Waals surface area contributed by atoms with Crippen LogP contribution < -0.4 is 25.4 Å². The Balaban J connectivity index is 2.53. The lowest BCUT2D eigenvalue weighted by molar-refractivity contribution is -0.128. The van der Waals surface area contributed by atoms with E-state index in [4.69, 9.17) is 4.74 Å². The summed E-state index contributed by atoms with van der Waals surface area (Å²) in [6.07, 6.45) is 2.88. The minimum atomic E-state index is -4.26. The van der Waals surface area contributed by atoms with Crippen molar-refractivity contribution in [3.8, 4) is 5.75 Å². The van der Waals surface area contributed by atoms with Crippen LogP contribution in [-0.2, 0) is 19.6 Å². The number of sulfonamides is 1. The molecular weight excluding hydrogens is 424 g/mol. The second-order valence-electron chi connectivity index (χ2n) is 7.10. The molecule has 1 aliphatic heterocycles. The quantitative estimate of drug-likeness (QED) is 0.394. The highest BCUT2D eigenvalue weighted by atomic mass is 32.2. The van der Waals surface area contributed by atoms with Gasteiger partial charge in [0.1, 0.15) is 10.6 Å². The monoisotopic (exact) mass is 452 g/mol. The van der Waals surface area contributed by atoms with E-state index in [0.717, 1.165) is 5.57 Å². The van der Waals surface area contributed by atoms with E-state index >= 15 is 0 Å². The summed E-state index contributed by atoms with van der Waals surface area (Å²) in [7, 11) is -2.97. The lowest BCUT2D eigenvalue weighted by Gasteiger charge is -2.31. The van der Waals surface area contributed by atoms with E-state index in [1.165, 1.54) is 19.2 Å². The van der Waals surface area contributed by atoms with Crippen molar-refractivity contribution < 1.29 is 27.5 Å². The van der Waals surface area contributed by atoms with Gasteiger partial charge < -0.3 is 20.7 Å². The van der Waals surface area contributed by atoms with Crippen LogP contribution >= 0.6 is 0 Å². The maximum absolute atomic E-state index is 12.8. The van der Waals surface area contributed by atoms with Crippen molar-refractivity contribution in [1.82, 2.24) is 20.7 Å². The van der Waals surface area contributed by atoms with Crippen LogP contribution in [0, 0.1) is 5.41 Å². The fourth-order valence-corrected chi connectivity index (χ4v) is 4.76. The number of hydrogen-bond donors (Lipinski definition) is 4. The second kappa shape index (κ2) is 9.82. The smallest absolute Gasteiger partial charge is 0.328 e. The first-order chi connectivity index (χ1) is 14.6. The minimum absolute atomic E-state index is 0.0624. The second-order valence-corrected chi connectivity index (χ2v) is 8.75. The number of benzene rings is 1. The standard InChI is InChI=1S/C20H28N4O6S/c1-5-20(13(3)11-22-18(20)26)10-15(23-12-25)14-7-8-16(30-6-2)17(9-14)31(28,29)24-19(27)21-4/h7-9,11-12,15H,5-6,10H2,1-4H3,(H,22,26)(H,23,25)(H2,21,24,27). The van der Waals surface area contributed by atoms with E-state index in [1.54, 1.807) is 19.2 Å². The van der Waals surface area contributed by atoms with Crippen LogP contribution in [0.15, 0.2) is 34.9 Å². The zero-order chi connectivity index (χ0) is 23.2. The summed E-state index contributed by atoms with van der Waals surface area (Å²) in [6.45, 7) is 5.62. The van der Waals surface area contributed by atoms with E-state index in [1.807, 2.05) is 18.6 Å². The van der Waals surface area contributed by atoms with Crippen molar-refractivity contribution in [2.24, 2.45) is 5.41 Å². The zero-order valence-corrected chi connectivity index (χ0v) is 18.8. The van der Waals surface area contributed by atoms with Gasteiger partial charge in [-0.05, 0) is 50.0 Å². The SMILES string of the molecule is CCOc1ccc(C(CC2(CC)C(=O)NC=C2C)NC=O)cc1S(=O)(=O)NC(=O)NC. The highest BCUT2D eigenvalue weighted by Gasteiger charge is 2.43. The normalized spacial score (nSPS) is 19.1. The minimum Gasteiger partial charge on any atom is -0.492 e. The van der Waals surface area contributed by atoms with Crippen molar-refractivity contribution >= 4 is 28.4 Å². The molecule has 4 amide bonds. The average molecular weight is 453 g/mol. The summed E-state index contributed by atoms with van der Waals surface area (Å²) in [5.74, 6) is -0.113. The first-order valence-corrected chi connectivity index (χ1v) is 11.3. The Morgan fingerprint density at radius 3 is 2.55 bits per heavy atom. The molecule has 1 aromatic carbocycles. The Labute approximate surface area is 181 Å². The molecule has 2 unspecified atom stereocenters. The molecule has 2 rings (SSSR count). The number of nitrogens with one attached hydrogen (secondary N) is 4. The predicted molar refractivity (Wildman–Crippen MR) is 114 cm³/mol. The van der Waals surface area contributed by atoms with Crippen LogP contribution in [0.2, 0.25) is 0 Å². The van der Waals surface area contributed by atoms with Crippen molar-refractivity contribution in [3.63, 3.8) is 0 Å². The summed E-state index contributed by atoms with van der Waals surface area (Å²) < 4.78 is 32.9. The van der Waals surface area contributed by atoms with Gasteiger partial charge in [0.05, 0.1) is 18.1 Å². The molecular formula is C20H28N4O6S. The summed E-state index contributed by atoms with van der Waals surface area (Å²) >= 11 is 0. The zero-order valence-electron chi connectivity index (χ0n) is 17.9. The molecule has 170 valence electrons. The van der Waals surface area contributed by atoms with Crippen molar-refractivity contribution in [3.05, 3.63) is 35.5 Å². The molecule has 0 spiro atoms. The summed E-state index contributed by atoms with van der Waals surface area (Å²) in [4.78, 5) is 35.3. The highest BCUT2D eigenvalue weighted by molar-refractivity contribution is 7.90. The summed E-state index contributed by atoms with van der Waals surface area (Å²) in [5.41, 5.74) is 0.449. The molecule has 1 heterocycles. The van der Waals surface area contributed by atoms with Crippen LogP contribution in [0.1, 0.15) is 45.2 Å². The third kappa shape index (κ3) is 4.98. The van der Waals surface area contributed by atoms with Crippen molar-refractivity contribution in [1.29, 1.82) is 0 Å². The molecule has 0 saturated carbocycles. The predicted octanol–water partition coefficient (Wildman–Crippen LogP) is 1.31. The van der Waals surface area contributed by atoms with Gasteiger partial charge in [-0.2, -0.15) is 0 Å². The van der Waals surface area contributed by atoms with Gasteiger partial charge in [0, 0.05) is 13.2 Å². The molecule has 0 aliphatic carbocycles. The first-order valence-electron chi connectivity index (χ1n) is 9.84. The number of ether oxygens (including phenoxy) is 1. The van der Waals surface area contributed by atoms with Gasteiger partial charge in [-0.15, -0.1) is 0 Å². The third-order valence-corrected chi connectivity index (χ3v) is 6.80. The lowest BCUT2D eigenvalue weighted by Crippen LogP contribution is -2.38. The van der Waals surface area contributed by atoms with Gasteiger partial charge >= 0.3 is 6.03 Å². The molecule has 4 N–H and O–H groups in total. The Bertz CT molecular complexity index is 991. The molecule has 10 nitrogen and oxygen atoms in total. The number of carbonyl (C=O) groups excluding carboxylic acids is 3. The van der Waals surface area contributed by atoms with Gasteiger partial charge in [0.25, 0.3) is 10.0 Å². The van der Waals surface area contributed by atoms with E-state index < -0.39 is 27.5 Å². The molecule has 0 saturated heterocycles. The van der Waals surface area contributed by atoms with E-state index in [9.17, 15) is 22.8 Å². The molecule has 31 heavy (non-hydrogen) atoms. The number of amides is 4.